The Morgan fingerprint density at radius 1 is 1.35 bits per heavy atom. The first kappa shape index (κ1) is 13.7. The first-order valence-corrected chi connectivity index (χ1v) is 5.60. The number of nitrogens with zero attached hydrogens (tertiary/aromatic N) is 2. The molecule has 2 rings (SSSR count). The van der Waals surface area contributed by atoms with Gasteiger partial charge in [-0.05, 0) is 13.0 Å². The van der Waals surface area contributed by atoms with E-state index >= 15 is 0 Å². The number of nitrogens with two attached hydrogens (primary N) is 1. The largest absolute Gasteiger partial charge is 0.456 e. The van der Waals surface area contributed by atoms with Gasteiger partial charge in [-0.3, -0.25) is 29.6 Å². The van der Waals surface area contributed by atoms with Crippen molar-refractivity contribution in [1.82, 2.24) is 15.2 Å². The van der Waals surface area contributed by atoms with Crippen molar-refractivity contribution in [2.24, 2.45) is 5.84 Å². The molecule has 1 aromatic rings. The normalized spacial score (nSPS) is 15.2. The molecule has 0 atom stereocenters. The number of furan rings is 1. The van der Waals surface area contributed by atoms with E-state index in [0.717, 1.165) is 9.80 Å². The fraction of sp³-hybridized carbons (Fsp3) is 0.273. The second kappa shape index (κ2) is 4.78. The number of likely N-dealkylation sites (N-methyl/N-ethyl adjacent to an activating group) is 1. The van der Waals surface area contributed by atoms with Crippen molar-refractivity contribution in [1.29, 1.82) is 0 Å². The number of nitrogen functional groups attached to an aromatic ring is 1. The van der Waals surface area contributed by atoms with Crippen molar-refractivity contribution < 1.29 is 23.6 Å². The van der Waals surface area contributed by atoms with E-state index in [2.05, 4.69) is 0 Å². The van der Waals surface area contributed by atoms with Crippen molar-refractivity contribution in [3.63, 3.8) is 0 Å². The summed E-state index contributed by atoms with van der Waals surface area (Å²) in [4.78, 5) is 47.5. The molecule has 20 heavy (non-hydrogen) atoms. The maximum absolute atomic E-state index is 11.7. The third-order valence-electron chi connectivity index (χ3n) is 2.95. The third kappa shape index (κ3) is 2.03. The lowest BCUT2D eigenvalue weighted by Gasteiger charge is -2.11. The Kier molecular flexibility index (Phi) is 3.28. The molecule has 106 valence electrons. The quantitative estimate of drug-likeness (QED) is 0.243. The van der Waals surface area contributed by atoms with Gasteiger partial charge in [0, 0.05) is 12.6 Å². The van der Waals surface area contributed by atoms with Crippen molar-refractivity contribution in [3.05, 3.63) is 23.2 Å². The molecular weight excluding hydrogens is 268 g/mol. The predicted octanol–water partition coefficient (Wildman–Crippen LogP) is -0.888. The van der Waals surface area contributed by atoms with E-state index in [9.17, 15) is 19.2 Å². The van der Waals surface area contributed by atoms with Crippen LogP contribution in [-0.2, 0) is 16.1 Å². The van der Waals surface area contributed by atoms with E-state index in [1.165, 1.54) is 13.1 Å². The number of amides is 5. The van der Waals surface area contributed by atoms with Gasteiger partial charge < -0.3 is 4.42 Å². The molecule has 0 radical (unpaired) electrons. The van der Waals surface area contributed by atoms with Gasteiger partial charge in [0.2, 0.25) is 0 Å². The number of urea groups is 1. The van der Waals surface area contributed by atoms with E-state index in [1.807, 2.05) is 5.43 Å². The topological polar surface area (TPSA) is 126 Å². The van der Waals surface area contributed by atoms with Gasteiger partial charge in [-0.25, -0.2) is 10.6 Å². The number of hydrogen-bond donors (Lipinski definition) is 2. The fourth-order valence-electron chi connectivity index (χ4n) is 1.78. The molecule has 0 unspecified atom stereocenters. The highest BCUT2D eigenvalue weighted by atomic mass is 16.4. The molecule has 0 bridgehead atoms. The van der Waals surface area contributed by atoms with Gasteiger partial charge in [-0.1, -0.05) is 0 Å². The number of nitrogens with one attached hydrogen (secondary N) is 1. The number of carbonyl (C=O) groups is 4. The number of aryl methyl sites for hydroxylation is 1. The maximum Gasteiger partial charge on any atom is 0.334 e. The monoisotopic (exact) mass is 280 g/mol. The van der Waals surface area contributed by atoms with Crippen LogP contribution >= 0.6 is 0 Å². The van der Waals surface area contributed by atoms with Crippen molar-refractivity contribution in [2.45, 2.75) is 13.5 Å². The van der Waals surface area contributed by atoms with Crippen LogP contribution in [0.1, 0.15) is 21.9 Å². The summed E-state index contributed by atoms with van der Waals surface area (Å²) in [5.41, 5.74) is 2.34. The molecule has 1 aromatic heterocycles. The van der Waals surface area contributed by atoms with Gasteiger partial charge >= 0.3 is 23.8 Å². The zero-order valence-electron chi connectivity index (χ0n) is 10.8. The molecule has 1 aliphatic heterocycles. The Bertz CT molecular complexity index is 620. The van der Waals surface area contributed by atoms with Gasteiger partial charge in [-0.2, -0.15) is 0 Å². The molecule has 0 aliphatic carbocycles. The lowest BCUT2D eigenvalue weighted by atomic mass is 10.2. The highest BCUT2D eigenvalue weighted by Crippen LogP contribution is 2.20. The number of carbonyl (C=O) groups excluding carboxylic acids is 4. The lowest BCUT2D eigenvalue weighted by Crippen LogP contribution is -2.31. The molecule has 1 saturated heterocycles. The lowest BCUT2D eigenvalue weighted by molar-refractivity contribution is -0.143. The first-order chi connectivity index (χ1) is 9.36. The summed E-state index contributed by atoms with van der Waals surface area (Å²) < 4.78 is 5.16. The van der Waals surface area contributed by atoms with Crippen LogP contribution in [0.15, 0.2) is 10.5 Å². The van der Waals surface area contributed by atoms with Crippen LogP contribution < -0.4 is 11.3 Å². The van der Waals surface area contributed by atoms with Gasteiger partial charge in [0.05, 0.1) is 6.54 Å². The first-order valence-electron chi connectivity index (χ1n) is 5.60. The second-order valence-electron chi connectivity index (χ2n) is 4.20. The van der Waals surface area contributed by atoms with Crippen LogP contribution in [0, 0.1) is 6.92 Å². The average Bonchev–Trinajstić information content (AvgIpc) is 2.88. The Morgan fingerprint density at radius 2 is 2.00 bits per heavy atom. The maximum atomic E-state index is 11.7. The highest BCUT2D eigenvalue weighted by Gasteiger charge is 2.42. The number of imide groups is 2. The van der Waals surface area contributed by atoms with Crippen LogP contribution in [0.5, 0.6) is 0 Å². The molecule has 9 nitrogen and oxygen atoms in total. The van der Waals surface area contributed by atoms with E-state index in [4.69, 9.17) is 10.3 Å². The minimum Gasteiger partial charge on any atom is -0.456 e. The third-order valence-corrected chi connectivity index (χ3v) is 2.95. The summed E-state index contributed by atoms with van der Waals surface area (Å²) in [6.07, 6.45) is 0. The summed E-state index contributed by atoms with van der Waals surface area (Å²) in [6, 6.07) is 0.645. The number of hydrogen-bond acceptors (Lipinski definition) is 6. The highest BCUT2D eigenvalue weighted by molar-refractivity contribution is 6.44. The summed E-state index contributed by atoms with van der Waals surface area (Å²) in [5.74, 6) is 2.85. The minimum atomic E-state index is -0.914. The Hall–Kier alpha value is -2.68. The van der Waals surface area contributed by atoms with Crippen LogP contribution in [0.2, 0.25) is 0 Å². The van der Waals surface area contributed by atoms with E-state index in [1.54, 1.807) is 6.92 Å². The van der Waals surface area contributed by atoms with Crippen LogP contribution in [0.4, 0.5) is 4.79 Å². The summed E-state index contributed by atoms with van der Waals surface area (Å²) in [6.45, 7) is 1.42. The van der Waals surface area contributed by atoms with Crippen LogP contribution in [-0.4, -0.2) is 40.6 Å². The Morgan fingerprint density at radius 3 is 2.50 bits per heavy atom. The van der Waals surface area contributed by atoms with Gasteiger partial charge in [0.15, 0.2) is 5.76 Å². The van der Waals surface area contributed by atoms with Gasteiger partial charge in [0.1, 0.15) is 5.76 Å². The summed E-state index contributed by atoms with van der Waals surface area (Å²) >= 11 is 0. The molecule has 1 aliphatic rings. The number of hydrazine groups is 1. The average molecular weight is 280 g/mol. The van der Waals surface area contributed by atoms with Crippen molar-refractivity contribution >= 4 is 23.8 Å². The predicted molar refractivity (Wildman–Crippen MR) is 63.8 cm³/mol. The smallest absolute Gasteiger partial charge is 0.334 e. The van der Waals surface area contributed by atoms with E-state index in [0.29, 0.717) is 11.3 Å². The molecule has 2 heterocycles. The van der Waals surface area contributed by atoms with E-state index in [-0.39, 0.29) is 12.3 Å². The molecular formula is C11H12N4O5. The zero-order valence-corrected chi connectivity index (χ0v) is 10.8. The fourth-order valence-corrected chi connectivity index (χ4v) is 1.78. The molecule has 1 fully saturated rings. The number of rotatable bonds is 3. The SMILES string of the molecule is Cc1oc(C(=O)NN)cc1CN1C(=O)C(=O)N(C)C1=O. The van der Waals surface area contributed by atoms with Crippen molar-refractivity contribution in [3.8, 4) is 0 Å². The molecule has 3 N–H and O–H groups in total. The molecule has 0 aromatic carbocycles. The molecule has 0 spiro atoms. The van der Waals surface area contributed by atoms with E-state index < -0.39 is 23.8 Å². The standard InChI is InChI=1S/C11H12N4O5/c1-5-6(3-7(20-5)8(16)13-12)4-15-10(18)9(17)14(2)11(15)19/h3H,4,12H2,1-2H3,(H,13,16). The molecule has 0 saturated carbocycles. The second-order valence-corrected chi connectivity index (χ2v) is 4.20. The van der Waals surface area contributed by atoms with Crippen LogP contribution in [0.25, 0.3) is 0 Å². The summed E-state index contributed by atoms with van der Waals surface area (Å²) in [5, 5.41) is 0. The zero-order chi connectivity index (χ0) is 15.0. The Labute approximate surface area is 113 Å². The van der Waals surface area contributed by atoms with Crippen LogP contribution in [0.3, 0.4) is 0 Å². The van der Waals surface area contributed by atoms with Gasteiger partial charge in [0.25, 0.3) is 0 Å². The van der Waals surface area contributed by atoms with Crippen molar-refractivity contribution in [2.75, 3.05) is 7.05 Å². The minimum absolute atomic E-state index is 0.0428. The molecule has 5 amide bonds. The van der Waals surface area contributed by atoms with Gasteiger partial charge in [-0.15, -0.1) is 0 Å². The Balaban J connectivity index is 2.25. The molecule has 9 heteroatoms. The summed E-state index contributed by atoms with van der Waals surface area (Å²) in [7, 11) is 1.22.